The maximum atomic E-state index is 3.50. The molecule has 1 aromatic carbocycles. The van der Waals surface area contributed by atoms with Crippen molar-refractivity contribution < 1.29 is 0 Å². The van der Waals surface area contributed by atoms with Crippen molar-refractivity contribution in [1.29, 1.82) is 0 Å². The second-order valence-corrected chi connectivity index (χ2v) is 4.09. The molecule has 0 radical (unpaired) electrons. The molecule has 0 spiro atoms. The normalized spacial score (nSPS) is 23.3. The van der Waals surface area contributed by atoms with Gasteiger partial charge in [0.05, 0.1) is 0 Å². The zero-order valence-corrected chi connectivity index (χ0v) is 7.85. The quantitative estimate of drug-likeness (QED) is 0.628. The van der Waals surface area contributed by atoms with Crippen molar-refractivity contribution in [2.45, 2.75) is 25.8 Å². The fourth-order valence-electron chi connectivity index (χ4n) is 2.34. The van der Waals surface area contributed by atoms with Crippen LogP contribution in [0, 0.1) is 0 Å². The standard InChI is InChI=1S/C11H14N2/c1-7-4-9-6-10-8(2-3-12-10)5-11(9)13-7/h5-7,12-13H,2-4H2,1H3. The summed E-state index contributed by atoms with van der Waals surface area (Å²) in [7, 11) is 0. The molecular formula is C11H14N2. The lowest BCUT2D eigenvalue weighted by Gasteiger charge is -2.04. The van der Waals surface area contributed by atoms with Gasteiger partial charge < -0.3 is 10.6 Å². The molecule has 2 heteroatoms. The third-order valence-electron chi connectivity index (χ3n) is 2.97. The lowest BCUT2D eigenvalue weighted by molar-refractivity contribution is 0.839. The van der Waals surface area contributed by atoms with Crippen LogP contribution in [0.4, 0.5) is 11.4 Å². The lowest BCUT2D eigenvalue weighted by atomic mass is 10.1. The predicted molar refractivity (Wildman–Crippen MR) is 55.4 cm³/mol. The monoisotopic (exact) mass is 174 g/mol. The molecule has 0 fully saturated rings. The van der Waals surface area contributed by atoms with Crippen LogP contribution in [0.25, 0.3) is 0 Å². The van der Waals surface area contributed by atoms with E-state index in [1.807, 2.05) is 0 Å². The summed E-state index contributed by atoms with van der Waals surface area (Å²) >= 11 is 0. The topological polar surface area (TPSA) is 24.1 Å². The van der Waals surface area contributed by atoms with Gasteiger partial charge in [-0.15, -0.1) is 0 Å². The van der Waals surface area contributed by atoms with E-state index in [1.165, 1.54) is 35.3 Å². The van der Waals surface area contributed by atoms with Crippen LogP contribution in [-0.4, -0.2) is 12.6 Å². The van der Waals surface area contributed by atoms with Crippen LogP contribution in [-0.2, 0) is 12.8 Å². The molecule has 2 aliphatic rings. The van der Waals surface area contributed by atoms with Crippen molar-refractivity contribution in [2.75, 3.05) is 17.2 Å². The first kappa shape index (κ1) is 7.25. The van der Waals surface area contributed by atoms with Crippen molar-refractivity contribution >= 4 is 11.4 Å². The Labute approximate surface area is 78.3 Å². The smallest absolute Gasteiger partial charge is 0.0379 e. The average molecular weight is 174 g/mol. The fraction of sp³-hybridized carbons (Fsp3) is 0.455. The Hall–Kier alpha value is -1.18. The second-order valence-electron chi connectivity index (χ2n) is 4.09. The summed E-state index contributed by atoms with van der Waals surface area (Å²) < 4.78 is 0. The van der Waals surface area contributed by atoms with Crippen LogP contribution < -0.4 is 10.6 Å². The van der Waals surface area contributed by atoms with Gasteiger partial charge in [-0.3, -0.25) is 0 Å². The summed E-state index contributed by atoms with van der Waals surface area (Å²) in [6.45, 7) is 3.34. The Morgan fingerprint density at radius 1 is 1.23 bits per heavy atom. The van der Waals surface area contributed by atoms with Gasteiger partial charge in [-0.25, -0.2) is 0 Å². The Kier molecular flexibility index (Phi) is 1.34. The number of hydrogen-bond donors (Lipinski definition) is 2. The largest absolute Gasteiger partial charge is 0.384 e. The Balaban J connectivity index is 2.10. The van der Waals surface area contributed by atoms with E-state index in [2.05, 4.69) is 29.7 Å². The zero-order chi connectivity index (χ0) is 8.84. The molecule has 2 N–H and O–H groups in total. The molecule has 0 aromatic heterocycles. The summed E-state index contributed by atoms with van der Waals surface area (Å²) in [4.78, 5) is 0. The van der Waals surface area contributed by atoms with E-state index in [0.717, 1.165) is 6.54 Å². The van der Waals surface area contributed by atoms with E-state index in [0.29, 0.717) is 6.04 Å². The summed E-state index contributed by atoms with van der Waals surface area (Å²) in [5, 5.41) is 6.92. The lowest BCUT2D eigenvalue weighted by Crippen LogP contribution is -2.08. The number of benzene rings is 1. The van der Waals surface area contributed by atoms with Crippen molar-refractivity contribution in [2.24, 2.45) is 0 Å². The average Bonchev–Trinajstić information content (AvgIpc) is 2.63. The van der Waals surface area contributed by atoms with Gasteiger partial charge in [-0.1, -0.05) is 0 Å². The molecule has 3 rings (SSSR count). The number of fused-ring (bicyclic) bond motifs is 2. The molecule has 2 heterocycles. The molecule has 68 valence electrons. The molecule has 0 bridgehead atoms. The molecule has 0 aliphatic carbocycles. The van der Waals surface area contributed by atoms with E-state index in [1.54, 1.807) is 0 Å². The summed E-state index contributed by atoms with van der Waals surface area (Å²) in [6, 6.07) is 5.24. The number of nitrogens with one attached hydrogen (secondary N) is 2. The molecule has 1 aromatic rings. The summed E-state index contributed by atoms with van der Waals surface area (Å²) in [5.74, 6) is 0. The predicted octanol–water partition coefficient (Wildman–Crippen LogP) is 2.01. The van der Waals surface area contributed by atoms with Crippen molar-refractivity contribution in [1.82, 2.24) is 0 Å². The fourth-order valence-corrected chi connectivity index (χ4v) is 2.34. The summed E-state index contributed by atoms with van der Waals surface area (Å²) in [6.07, 6.45) is 2.35. The van der Waals surface area contributed by atoms with Crippen LogP contribution in [0.15, 0.2) is 12.1 Å². The minimum absolute atomic E-state index is 0.609. The van der Waals surface area contributed by atoms with Crippen LogP contribution in [0.3, 0.4) is 0 Å². The molecule has 1 unspecified atom stereocenters. The van der Waals surface area contributed by atoms with E-state index in [9.17, 15) is 0 Å². The number of rotatable bonds is 0. The van der Waals surface area contributed by atoms with Gasteiger partial charge in [0.25, 0.3) is 0 Å². The van der Waals surface area contributed by atoms with Gasteiger partial charge >= 0.3 is 0 Å². The Bertz CT molecular complexity index is 324. The minimum atomic E-state index is 0.609. The Morgan fingerprint density at radius 3 is 3.00 bits per heavy atom. The summed E-state index contributed by atoms with van der Waals surface area (Å²) in [5.41, 5.74) is 5.66. The molecule has 1 atom stereocenters. The number of hydrogen-bond acceptors (Lipinski definition) is 2. The minimum Gasteiger partial charge on any atom is -0.384 e. The van der Waals surface area contributed by atoms with Gasteiger partial charge in [-0.05, 0) is 43.0 Å². The highest BCUT2D eigenvalue weighted by atomic mass is 15.0. The first-order valence-corrected chi connectivity index (χ1v) is 4.99. The maximum Gasteiger partial charge on any atom is 0.0379 e. The van der Waals surface area contributed by atoms with Gasteiger partial charge in [0.2, 0.25) is 0 Å². The third kappa shape index (κ3) is 1.01. The number of anilines is 2. The molecule has 0 amide bonds. The van der Waals surface area contributed by atoms with Crippen molar-refractivity contribution in [3.8, 4) is 0 Å². The molecule has 0 saturated carbocycles. The van der Waals surface area contributed by atoms with Crippen molar-refractivity contribution in [3.63, 3.8) is 0 Å². The highest BCUT2D eigenvalue weighted by Gasteiger charge is 2.20. The Morgan fingerprint density at radius 2 is 2.08 bits per heavy atom. The maximum absolute atomic E-state index is 3.50. The SMILES string of the molecule is CC1Cc2cc3c(cc2N1)CCN3. The van der Waals surface area contributed by atoms with Crippen LogP contribution in [0.2, 0.25) is 0 Å². The molecule has 2 nitrogen and oxygen atoms in total. The molecule has 2 aliphatic heterocycles. The van der Waals surface area contributed by atoms with Gasteiger partial charge in [0.1, 0.15) is 0 Å². The van der Waals surface area contributed by atoms with Gasteiger partial charge in [0, 0.05) is 24.0 Å². The first-order chi connectivity index (χ1) is 6.33. The van der Waals surface area contributed by atoms with Crippen LogP contribution in [0.1, 0.15) is 18.1 Å². The third-order valence-corrected chi connectivity index (χ3v) is 2.97. The van der Waals surface area contributed by atoms with Gasteiger partial charge in [-0.2, -0.15) is 0 Å². The molecular weight excluding hydrogens is 160 g/mol. The van der Waals surface area contributed by atoms with E-state index in [4.69, 9.17) is 0 Å². The zero-order valence-electron chi connectivity index (χ0n) is 7.85. The van der Waals surface area contributed by atoms with Gasteiger partial charge in [0.15, 0.2) is 0 Å². The van der Waals surface area contributed by atoms with Crippen LogP contribution >= 0.6 is 0 Å². The molecule has 13 heavy (non-hydrogen) atoms. The van der Waals surface area contributed by atoms with E-state index in [-0.39, 0.29) is 0 Å². The second kappa shape index (κ2) is 2.41. The first-order valence-electron chi connectivity index (χ1n) is 4.99. The van der Waals surface area contributed by atoms with Crippen LogP contribution in [0.5, 0.6) is 0 Å². The van der Waals surface area contributed by atoms with Crippen molar-refractivity contribution in [3.05, 3.63) is 23.3 Å². The van der Waals surface area contributed by atoms with E-state index >= 15 is 0 Å². The van der Waals surface area contributed by atoms with E-state index < -0.39 is 0 Å². The highest BCUT2D eigenvalue weighted by Crippen LogP contribution is 2.33. The highest BCUT2D eigenvalue weighted by molar-refractivity contribution is 5.68. The molecule has 0 saturated heterocycles.